The Morgan fingerprint density at radius 2 is 1.50 bits per heavy atom. The molecule has 0 unspecified atom stereocenters. The average Bonchev–Trinajstić information content (AvgIpc) is 3.28. The maximum atomic E-state index is 14.2. The zero-order chi connectivity index (χ0) is 24.0. The summed E-state index contributed by atoms with van der Waals surface area (Å²) in [5, 5.41) is 9.06. The molecule has 0 fully saturated rings. The maximum Gasteiger partial charge on any atom is 0.338 e. The second-order valence-electron chi connectivity index (χ2n) is 9.13. The van der Waals surface area contributed by atoms with E-state index in [0.717, 1.165) is 33.7 Å². The summed E-state index contributed by atoms with van der Waals surface area (Å²) in [7, 11) is 0. The lowest BCUT2D eigenvalue weighted by atomic mass is 9.88. The van der Waals surface area contributed by atoms with E-state index >= 15 is 0 Å². The number of aromatic amines is 1. The molecule has 0 saturated carbocycles. The molecule has 0 bridgehead atoms. The SMILES string of the molecule is Cc1ccc(C2=CC(C)(C)Oc3ccc(-c4ccc(-c5ccc(C(=O)O)c(F)c5)[nH]4)cc32)cc1. The first-order valence-electron chi connectivity index (χ1n) is 11.1. The summed E-state index contributed by atoms with van der Waals surface area (Å²) in [6, 6.07) is 22.5. The third-order valence-corrected chi connectivity index (χ3v) is 6.00. The third kappa shape index (κ3) is 4.01. The summed E-state index contributed by atoms with van der Waals surface area (Å²) in [4.78, 5) is 14.4. The van der Waals surface area contributed by atoms with Crippen molar-refractivity contribution < 1.29 is 19.0 Å². The van der Waals surface area contributed by atoms with E-state index in [1.54, 1.807) is 6.07 Å². The number of aryl methyl sites for hydroxylation is 1. The Hall–Kier alpha value is -4.12. The number of halogens is 1. The number of carbonyl (C=O) groups is 1. The van der Waals surface area contributed by atoms with Crippen LogP contribution in [0.15, 0.2) is 78.9 Å². The first-order valence-corrected chi connectivity index (χ1v) is 11.1. The molecule has 3 aromatic carbocycles. The molecular weight excluding hydrogens is 429 g/mol. The molecule has 0 aliphatic carbocycles. The molecule has 1 aliphatic rings. The Labute approximate surface area is 197 Å². The van der Waals surface area contributed by atoms with Crippen molar-refractivity contribution in [2.45, 2.75) is 26.4 Å². The Morgan fingerprint density at radius 1 is 0.882 bits per heavy atom. The number of aromatic nitrogens is 1. The molecule has 0 spiro atoms. The van der Waals surface area contributed by atoms with Gasteiger partial charge in [0.05, 0.1) is 5.56 Å². The van der Waals surface area contributed by atoms with E-state index in [4.69, 9.17) is 9.84 Å². The van der Waals surface area contributed by atoms with Gasteiger partial charge in [0.25, 0.3) is 0 Å². The van der Waals surface area contributed by atoms with E-state index in [9.17, 15) is 9.18 Å². The summed E-state index contributed by atoms with van der Waals surface area (Å²) in [5.74, 6) is -1.22. The first-order chi connectivity index (χ1) is 16.2. The molecule has 0 atom stereocenters. The molecular formula is C29H24FNO3. The van der Waals surface area contributed by atoms with Gasteiger partial charge in [-0.15, -0.1) is 0 Å². The molecule has 2 N–H and O–H groups in total. The van der Waals surface area contributed by atoms with E-state index in [1.807, 2.05) is 38.1 Å². The van der Waals surface area contributed by atoms with Gasteiger partial charge in [0.2, 0.25) is 0 Å². The van der Waals surface area contributed by atoms with Gasteiger partial charge in [-0.1, -0.05) is 35.9 Å². The minimum Gasteiger partial charge on any atom is -0.483 e. The van der Waals surface area contributed by atoms with Gasteiger partial charge in [-0.05, 0) is 86.0 Å². The highest BCUT2D eigenvalue weighted by Crippen LogP contribution is 2.41. The molecule has 4 aromatic rings. The second kappa shape index (κ2) is 8.03. The Morgan fingerprint density at radius 3 is 2.15 bits per heavy atom. The number of H-pyrrole nitrogens is 1. The lowest BCUT2D eigenvalue weighted by Gasteiger charge is -2.31. The van der Waals surface area contributed by atoms with Gasteiger partial charge in [0.1, 0.15) is 17.2 Å². The quantitative estimate of drug-likeness (QED) is 0.346. The van der Waals surface area contributed by atoms with Crippen LogP contribution in [0.3, 0.4) is 0 Å². The van der Waals surface area contributed by atoms with E-state index in [-0.39, 0.29) is 5.56 Å². The zero-order valence-corrected chi connectivity index (χ0v) is 19.1. The molecule has 0 amide bonds. The summed E-state index contributed by atoms with van der Waals surface area (Å²) in [6.07, 6.45) is 2.15. The second-order valence-corrected chi connectivity index (χ2v) is 9.13. The van der Waals surface area contributed by atoms with Gasteiger partial charge in [-0.2, -0.15) is 0 Å². The van der Waals surface area contributed by atoms with Crippen LogP contribution in [0.1, 0.15) is 40.9 Å². The maximum absolute atomic E-state index is 14.2. The van der Waals surface area contributed by atoms with Crippen molar-refractivity contribution in [3.8, 4) is 28.3 Å². The van der Waals surface area contributed by atoms with Crippen molar-refractivity contribution in [2.24, 2.45) is 0 Å². The number of carboxylic acids is 1. The van der Waals surface area contributed by atoms with Crippen molar-refractivity contribution in [3.63, 3.8) is 0 Å². The molecule has 34 heavy (non-hydrogen) atoms. The van der Waals surface area contributed by atoms with Crippen LogP contribution in [0.5, 0.6) is 5.75 Å². The van der Waals surface area contributed by atoms with Gasteiger partial charge in [-0.25, -0.2) is 9.18 Å². The zero-order valence-electron chi connectivity index (χ0n) is 19.1. The Balaban J connectivity index is 1.54. The van der Waals surface area contributed by atoms with Crippen LogP contribution in [-0.2, 0) is 0 Å². The molecule has 1 aromatic heterocycles. The fraction of sp³-hybridized carbons (Fsp3) is 0.138. The molecule has 0 radical (unpaired) electrons. The van der Waals surface area contributed by atoms with Crippen molar-refractivity contribution in [1.29, 1.82) is 0 Å². The Kier molecular flexibility index (Phi) is 5.13. The normalized spacial score (nSPS) is 14.2. The average molecular weight is 454 g/mol. The highest BCUT2D eigenvalue weighted by Gasteiger charge is 2.27. The minimum absolute atomic E-state index is 0.344. The monoisotopic (exact) mass is 453 g/mol. The van der Waals surface area contributed by atoms with Gasteiger partial charge in [0, 0.05) is 22.5 Å². The number of hydrogen-bond donors (Lipinski definition) is 2. The summed E-state index contributed by atoms with van der Waals surface area (Å²) < 4.78 is 20.4. The fourth-order valence-corrected chi connectivity index (χ4v) is 4.30. The van der Waals surface area contributed by atoms with Crippen molar-refractivity contribution >= 4 is 11.5 Å². The van der Waals surface area contributed by atoms with E-state index < -0.39 is 17.4 Å². The Bertz CT molecular complexity index is 1440. The van der Waals surface area contributed by atoms with Crippen molar-refractivity contribution in [1.82, 2.24) is 4.98 Å². The smallest absolute Gasteiger partial charge is 0.338 e. The van der Waals surface area contributed by atoms with E-state index in [2.05, 4.69) is 48.3 Å². The molecule has 1 aliphatic heterocycles. The number of benzene rings is 3. The van der Waals surface area contributed by atoms with Crippen LogP contribution in [-0.4, -0.2) is 21.7 Å². The summed E-state index contributed by atoms with van der Waals surface area (Å²) in [5.41, 5.74) is 6.80. The summed E-state index contributed by atoms with van der Waals surface area (Å²) >= 11 is 0. The molecule has 0 saturated heterocycles. The first kappa shape index (κ1) is 21.7. The standard InChI is InChI=1S/C29H24FNO3/c1-17-4-6-18(7-5-17)23-16-29(2,3)34-27-13-9-19(14-22(23)27)25-11-12-26(31-25)20-8-10-21(28(32)33)24(30)15-20/h4-16,31H,1-3H3,(H,32,33). The van der Waals surface area contributed by atoms with Crippen LogP contribution in [0.4, 0.5) is 4.39 Å². The highest BCUT2D eigenvalue weighted by atomic mass is 19.1. The number of rotatable bonds is 4. The number of fused-ring (bicyclic) bond motifs is 1. The minimum atomic E-state index is -1.28. The number of carboxylic acid groups (broad SMARTS) is 1. The molecule has 170 valence electrons. The molecule has 5 heteroatoms. The summed E-state index contributed by atoms with van der Waals surface area (Å²) in [6.45, 7) is 6.16. The predicted octanol–water partition coefficient (Wildman–Crippen LogP) is 7.10. The molecule has 4 nitrogen and oxygen atoms in total. The van der Waals surface area contributed by atoms with Crippen LogP contribution >= 0.6 is 0 Å². The van der Waals surface area contributed by atoms with Gasteiger partial charge in [0.15, 0.2) is 0 Å². The topological polar surface area (TPSA) is 62.3 Å². The van der Waals surface area contributed by atoms with Crippen LogP contribution in [0, 0.1) is 12.7 Å². The van der Waals surface area contributed by atoms with Crippen LogP contribution < -0.4 is 4.74 Å². The van der Waals surface area contributed by atoms with Crippen LogP contribution in [0.2, 0.25) is 0 Å². The van der Waals surface area contributed by atoms with Crippen molar-refractivity contribution in [3.05, 3.63) is 107 Å². The lowest BCUT2D eigenvalue weighted by Crippen LogP contribution is -2.29. The van der Waals surface area contributed by atoms with E-state index in [1.165, 1.54) is 17.7 Å². The van der Waals surface area contributed by atoms with Gasteiger partial charge < -0.3 is 14.8 Å². The number of nitrogens with one attached hydrogen (secondary N) is 1. The van der Waals surface area contributed by atoms with E-state index in [0.29, 0.717) is 11.3 Å². The van der Waals surface area contributed by atoms with Gasteiger partial charge in [-0.3, -0.25) is 0 Å². The number of ether oxygens (including phenoxy) is 1. The number of aromatic carboxylic acids is 1. The molecule has 2 heterocycles. The van der Waals surface area contributed by atoms with Crippen LogP contribution in [0.25, 0.3) is 28.1 Å². The van der Waals surface area contributed by atoms with Gasteiger partial charge >= 0.3 is 5.97 Å². The third-order valence-electron chi connectivity index (χ3n) is 6.00. The molecule has 5 rings (SSSR count). The predicted molar refractivity (Wildman–Crippen MR) is 132 cm³/mol. The number of hydrogen-bond acceptors (Lipinski definition) is 2. The highest BCUT2D eigenvalue weighted by molar-refractivity contribution is 5.89. The largest absolute Gasteiger partial charge is 0.483 e. The lowest BCUT2D eigenvalue weighted by molar-refractivity contribution is 0.0692. The fourth-order valence-electron chi connectivity index (χ4n) is 4.30. The van der Waals surface area contributed by atoms with Crippen molar-refractivity contribution in [2.75, 3.05) is 0 Å².